The highest BCUT2D eigenvalue weighted by molar-refractivity contribution is 6.19. The zero-order chi connectivity index (χ0) is 40.7. The lowest BCUT2D eigenvalue weighted by molar-refractivity contribution is 0.669. The van der Waals surface area contributed by atoms with Crippen molar-refractivity contribution < 1.29 is 8.83 Å². The SMILES string of the molecule is c1cc(-c2cccc3oc4c5ccccc5ccc4c23)cc(N(c2ccc(-c3cccc4oc5ccccc5c34)cc2)c2ccc(-n3c4ccccc4c4ccccc43)cc2)c1. The summed E-state index contributed by atoms with van der Waals surface area (Å²) in [6.45, 7) is 0. The van der Waals surface area contributed by atoms with Gasteiger partial charge in [0.05, 0.1) is 11.0 Å². The van der Waals surface area contributed by atoms with Gasteiger partial charge in [-0.1, -0.05) is 133 Å². The third-order valence-corrected chi connectivity index (χ3v) is 12.6. The smallest absolute Gasteiger partial charge is 0.143 e. The molecule has 3 aromatic heterocycles. The molecule has 0 aliphatic heterocycles. The lowest BCUT2D eigenvalue weighted by Crippen LogP contribution is -2.10. The van der Waals surface area contributed by atoms with Gasteiger partial charge in [-0.2, -0.15) is 0 Å². The van der Waals surface area contributed by atoms with Crippen LogP contribution < -0.4 is 4.90 Å². The van der Waals surface area contributed by atoms with Gasteiger partial charge >= 0.3 is 0 Å². The molecule has 0 unspecified atom stereocenters. The Balaban J connectivity index is 0.967. The molecule has 3 heterocycles. The molecule has 0 amide bonds. The zero-order valence-electron chi connectivity index (χ0n) is 33.5. The predicted molar refractivity (Wildman–Crippen MR) is 258 cm³/mol. The van der Waals surface area contributed by atoms with Gasteiger partial charge < -0.3 is 18.3 Å². The first-order valence-corrected chi connectivity index (χ1v) is 21.1. The van der Waals surface area contributed by atoms with Crippen LogP contribution in [0.1, 0.15) is 0 Å². The Kier molecular flexibility index (Phi) is 7.57. The van der Waals surface area contributed by atoms with Crippen molar-refractivity contribution in [3.05, 3.63) is 218 Å². The van der Waals surface area contributed by atoms with E-state index in [1.807, 2.05) is 12.1 Å². The van der Waals surface area contributed by atoms with Crippen LogP contribution in [0.2, 0.25) is 0 Å². The number of nitrogens with zero attached hydrogens (tertiary/aromatic N) is 2. The summed E-state index contributed by atoms with van der Waals surface area (Å²) < 4.78 is 15.3. The summed E-state index contributed by atoms with van der Waals surface area (Å²) in [6.07, 6.45) is 0. The summed E-state index contributed by atoms with van der Waals surface area (Å²) in [5.74, 6) is 0. The van der Waals surface area contributed by atoms with Crippen LogP contribution in [-0.4, -0.2) is 4.57 Å². The van der Waals surface area contributed by atoms with Gasteiger partial charge in [0.15, 0.2) is 0 Å². The molecule has 10 aromatic carbocycles. The van der Waals surface area contributed by atoms with E-state index in [1.165, 1.54) is 27.2 Å². The molecular weight excluding hydrogens is 757 g/mol. The number of hydrogen-bond donors (Lipinski definition) is 0. The van der Waals surface area contributed by atoms with Crippen molar-refractivity contribution in [3.8, 4) is 27.9 Å². The number of hydrogen-bond acceptors (Lipinski definition) is 3. The van der Waals surface area contributed by atoms with Gasteiger partial charge in [-0.25, -0.2) is 0 Å². The fourth-order valence-electron chi connectivity index (χ4n) is 9.81. The minimum absolute atomic E-state index is 0.882. The summed E-state index contributed by atoms with van der Waals surface area (Å²) in [5.41, 5.74) is 14.8. The molecule has 13 rings (SSSR count). The Morgan fingerprint density at radius 1 is 0.339 bits per heavy atom. The first-order valence-electron chi connectivity index (χ1n) is 21.1. The van der Waals surface area contributed by atoms with Crippen molar-refractivity contribution in [2.75, 3.05) is 4.90 Å². The van der Waals surface area contributed by atoms with Crippen LogP contribution in [0.4, 0.5) is 17.1 Å². The van der Waals surface area contributed by atoms with Crippen molar-refractivity contribution >= 4 is 93.5 Å². The van der Waals surface area contributed by atoms with Crippen molar-refractivity contribution in [1.29, 1.82) is 0 Å². The second-order valence-electron chi connectivity index (χ2n) is 16.0. The average molecular weight is 793 g/mol. The lowest BCUT2D eigenvalue weighted by atomic mass is 9.97. The van der Waals surface area contributed by atoms with Crippen LogP contribution >= 0.6 is 0 Å². The van der Waals surface area contributed by atoms with Crippen LogP contribution in [0.25, 0.3) is 104 Å². The van der Waals surface area contributed by atoms with Gasteiger partial charge in [0.25, 0.3) is 0 Å². The highest BCUT2D eigenvalue weighted by atomic mass is 16.3. The number of aromatic nitrogens is 1. The number of para-hydroxylation sites is 3. The number of benzene rings is 10. The summed E-state index contributed by atoms with van der Waals surface area (Å²) in [5, 5.41) is 9.29. The summed E-state index contributed by atoms with van der Waals surface area (Å²) >= 11 is 0. The Morgan fingerprint density at radius 2 is 0.903 bits per heavy atom. The van der Waals surface area contributed by atoms with Gasteiger partial charge in [-0.3, -0.25) is 0 Å². The maximum Gasteiger partial charge on any atom is 0.143 e. The van der Waals surface area contributed by atoms with E-state index in [0.717, 1.165) is 94.3 Å². The van der Waals surface area contributed by atoms with E-state index in [9.17, 15) is 0 Å². The normalized spacial score (nSPS) is 11.9. The number of anilines is 3. The molecule has 0 fully saturated rings. The van der Waals surface area contributed by atoms with Crippen LogP contribution in [0, 0.1) is 0 Å². The molecule has 0 aliphatic rings. The highest BCUT2D eigenvalue weighted by Crippen LogP contribution is 2.44. The molecule has 290 valence electrons. The average Bonchev–Trinajstić information content (AvgIpc) is 4.02. The number of rotatable bonds is 6. The molecule has 4 nitrogen and oxygen atoms in total. The van der Waals surface area contributed by atoms with E-state index >= 15 is 0 Å². The zero-order valence-corrected chi connectivity index (χ0v) is 33.5. The number of fused-ring (bicyclic) bond motifs is 11. The van der Waals surface area contributed by atoms with E-state index in [4.69, 9.17) is 8.83 Å². The minimum atomic E-state index is 0.882. The third kappa shape index (κ3) is 5.27. The predicted octanol–water partition coefficient (Wildman–Crippen LogP) is 16.5. The first-order chi connectivity index (χ1) is 30.7. The molecule has 0 atom stereocenters. The van der Waals surface area contributed by atoms with Crippen LogP contribution in [0.3, 0.4) is 0 Å². The standard InChI is InChI=1S/C58H36N2O2/c1-2-15-46-37(12-1)28-35-50-57-45(20-11-25-55(57)62-58(46)50)39-13-9-14-43(36-39)59(40-29-26-38(27-30-40)44-19-10-24-54-56(44)49-18-5-8-23-53(49)61-54)41-31-33-42(34-32-41)60-51-21-6-3-16-47(51)48-17-4-7-22-52(48)60/h1-36H. The maximum absolute atomic E-state index is 6.61. The largest absolute Gasteiger partial charge is 0.456 e. The van der Waals surface area contributed by atoms with Gasteiger partial charge in [0, 0.05) is 60.5 Å². The summed E-state index contributed by atoms with van der Waals surface area (Å²) in [6, 6.07) is 78.0. The third-order valence-electron chi connectivity index (χ3n) is 12.6. The first kappa shape index (κ1) is 34.5. The fourth-order valence-corrected chi connectivity index (χ4v) is 9.81. The summed E-state index contributed by atoms with van der Waals surface area (Å²) in [7, 11) is 0. The lowest BCUT2D eigenvalue weighted by Gasteiger charge is -2.26. The van der Waals surface area contributed by atoms with Gasteiger partial charge in [0.2, 0.25) is 0 Å². The molecule has 13 aromatic rings. The molecule has 0 bridgehead atoms. The van der Waals surface area contributed by atoms with Gasteiger partial charge in [-0.05, 0) is 113 Å². The molecular formula is C58H36N2O2. The second kappa shape index (κ2) is 13.6. The molecule has 4 heteroatoms. The quantitative estimate of drug-likeness (QED) is 0.168. The highest BCUT2D eigenvalue weighted by Gasteiger charge is 2.20. The Morgan fingerprint density at radius 3 is 1.65 bits per heavy atom. The van der Waals surface area contributed by atoms with Gasteiger partial charge in [-0.15, -0.1) is 0 Å². The van der Waals surface area contributed by atoms with Crippen molar-refractivity contribution in [2.24, 2.45) is 0 Å². The fraction of sp³-hybridized carbons (Fsp3) is 0. The molecule has 62 heavy (non-hydrogen) atoms. The minimum Gasteiger partial charge on any atom is -0.456 e. The molecule has 0 radical (unpaired) electrons. The molecule has 0 saturated heterocycles. The van der Waals surface area contributed by atoms with Gasteiger partial charge in [0.1, 0.15) is 22.3 Å². The molecule has 0 spiro atoms. The van der Waals surface area contributed by atoms with E-state index in [0.29, 0.717) is 0 Å². The van der Waals surface area contributed by atoms with Crippen LogP contribution in [0.15, 0.2) is 227 Å². The topological polar surface area (TPSA) is 34.5 Å². The number of furan rings is 2. The van der Waals surface area contributed by atoms with E-state index in [1.54, 1.807) is 0 Å². The molecule has 0 aliphatic carbocycles. The van der Waals surface area contributed by atoms with E-state index in [-0.39, 0.29) is 0 Å². The Hall–Kier alpha value is -8.34. The van der Waals surface area contributed by atoms with Crippen LogP contribution in [0.5, 0.6) is 0 Å². The Labute approximate surface area is 356 Å². The monoisotopic (exact) mass is 792 g/mol. The van der Waals surface area contributed by atoms with Crippen LogP contribution in [-0.2, 0) is 0 Å². The second-order valence-corrected chi connectivity index (χ2v) is 16.0. The van der Waals surface area contributed by atoms with E-state index in [2.05, 4.69) is 216 Å². The molecule has 0 saturated carbocycles. The maximum atomic E-state index is 6.61. The van der Waals surface area contributed by atoms with E-state index < -0.39 is 0 Å². The molecule has 0 N–H and O–H groups in total. The van der Waals surface area contributed by atoms with Crippen molar-refractivity contribution in [2.45, 2.75) is 0 Å². The summed E-state index contributed by atoms with van der Waals surface area (Å²) in [4.78, 5) is 2.36. The van der Waals surface area contributed by atoms with Crippen molar-refractivity contribution in [1.82, 2.24) is 4.57 Å². The van der Waals surface area contributed by atoms with Crippen molar-refractivity contribution in [3.63, 3.8) is 0 Å². The Bertz CT molecular complexity index is 3810.